The SMILES string of the molecule is CN(CCC(=O)O)C(=O)c1cc(Br)cs1. The first kappa shape index (κ1) is 12.2. The largest absolute Gasteiger partial charge is 0.481 e. The molecule has 0 unspecified atom stereocenters. The number of thiophene rings is 1. The molecule has 15 heavy (non-hydrogen) atoms. The van der Waals surface area contributed by atoms with Crippen molar-refractivity contribution >= 4 is 39.1 Å². The number of halogens is 1. The maximum absolute atomic E-state index is 11.7. The lowest BCUT2D eigenvalue weighted by Gasteiger charge is -2.14. The topological polar surface area (TPSA) is 57.6 Å². The van der Waals surface area contributed by atoms with Crippen LogP contribution >= 0.6 is 27.3 Å². The highest BCUT2D eigenvalue weighted by Crippen LogP contribution is 2.20. The highest BCUT2D eigenvalue weighted by molar-refractivity contribution is 9.10. The molecular weight excluding hydrogens is 282 g/mol. The Kier molecular flexibility index (Phi) is 4.28. The standard InChI is InChI=1S/C9H10BrNO3S/c1-11(3-2-8(12)13)9(14)7-4-6(10)5-15-7/h4-5H,2-3H2,1H3,(H,12,13). The van der Waals surface area contributed by atoms with Crippen LogP contribution < -0.4 is 0 Å². The lowest BCUT2D eigenvalue weighted by atomic mass is 10.3. The number of hydrogen-bond donors (Lipinski definition) is 1. The number of carbonyl (C=O) groups is 2. The number of amides is 1. The lowest BCUT2D eigenvalue weighted by molar-refractivity contribution is -0.137. The number of rotatable bonds is 4. The third-order valence-corrected chi connectivity index (χ3v) is 3.47. The van der Waals surface area contributed by atoms with Crippen LogP contribution in [-0.2, 0) is 4.79 Å². The van der Waals surface area contributed by atoms with Gasteiger partial charge in [-0.25, -0.2) is 0 Å². The Labute approximate surface area is 99.6 Å². The summed E-state index contributed by atoms with van der Waals surface area (Å²) in [6.07, 6.45) is -0.0330. The zero-order chi connectivity index (χ0) is 11.4. The van der Waals surface area contributed by atoms with Gasteiger partial charge in [-0.2, -0.15) is 0 Å². The van der Waals surface area contributed by atoms with Gasteiger partial charge in [0.25, 0.3) is 5.91 Å². The van der Waals surface area contributed by atoms with Gasteiger partial charge in [0, 0.05) is 23.4 Å². The minimum atomic E-state index is -0.901. The molecule has 0 aliphatic carbocycles. The van der Waals surface area contributed by atoms with E-state index in [1.54, 1.807) is 13.1 Å². The van der Waals surface area contributed by atoms with Gasteiger partial charge in [-0.15, -0.1) is 11.3 Å². The smallest absolute Gasteiger partial charge is 0.305 e. The molecule has 0 atom stereocenters. The van der Waals surface area contributed by atoms with Crippen LogP contribution in [0.5, 0.6) is 0 Å². The van der Waals surface area contributed by atoms with Gasteiger partial charge in [-0.1, -0.05) is 0 Å². The van der Waals surface area contributed by atoms with Gasteiger partial charge in [-0.05, 0) is 22.0 Å². The molecule has 0 aliphatic heterocycles. The predicted molar refractivity (Wildman–Crippen MR) is 61.2 cm³/mol. The van der Waals surface area contributed by atoms with Crippen LogP contribution in [0.1, 0.15) is 16.1 Å². The fourth-order valence-electron chi connectivity index (χ4n) is 0.978. The molecule has 82 valence electrons. The molecule has 1 N–H and O–H groups in total. The van der Waals surface area contributed by atoms with Crippen LogP contribution in [0.25, 0.3) is 0 Å². The summed E-state index contributed by atoms with van der Waals surface area (Å²) in [5.74, 6) is -1.05. The van der Waals surface area contributed by atoms with Gasteiger partial charge in [0.2, 0.25) is 0 Å². The quantitative estimate of drug-likeness (QED) is 0.924. The predicted octanol–water partition coefficient (Wildman–Crippen LogP) is 2.06. The molecule has 1 aromatic rings. The summed E-state index contributed by atoms with van der Waals surface area (Å²) in [7, 11) is 1.60. The Hall–Kier alpha value is -0.880. The summed E-state index contributed by atoms with van der Waals surface area (Å²) in [6.45, 7) is 0.226. The molecule has 1 rings (SSSR count). The minimum absolute atomic E-state index is 0.0330. The van der Waals surface area contributed by atoms with Crippen LogP contribution in [-0.4, -0.2) is 35.5 Å². The van der Waals surface area contributed by atoms with E-state index in [1.165, 1.54) is 16.2 Å². The minimum Gasteiger partial charge on any atom is -0.481 e. The number of aliphatic carboxylic acids is 1. The molecule has 0 fully saturated rings. The van der Waals surface area contributed by atoms with Crippen LogP contribution in [0.15, 0.2) is 15.9 Å². The second-order valence-corrected chi connectivity index (χ2v) is 4.83. The Morgan fingerprint density at radius 2 is 2.27 bits per heavy atom. The van der Waals surface area contributed by atoms with Gasteiger partial charge in [-0.3, -0.25) is 9.59 Å². The van der Waals surface area contributed by atoms with E-state index in [2.05, 4.69) is 15.9 Å². The molecular formula is C9H10BrNO3S. The van der Waals surface area contributed by atoms with Crippen molar-refractivity contribution in [3.05, 3.63) is 20.8 Å². The Balaban J connectivity index is 2.57. The highest BCUT2D eigenvalue weighted by Gasteiger charge is 2.14. The third-order valence-electron chi connectivity index (χ3n) is 1.79. The highest BCUT2D eigenvalue weighted by atomic mass is 79.9. The van der Waals surface area contributed by atoms with Crippen molar-refractivity contribution in [2.75, 3.05) is 13.6 Å². The van der Waals surface area contributed by atoms with Crippen LogP contribution in [0.2, 0.25) is 0 Å². The molecule has 0 aliphatic rings. The van der Waals surface area contributed by atoms with E-state index in [4.69, 9.17) is 5.11 Å². The Morgan fingerprint density at radius 3 is 2.73 bits per heavy atom. The molecule has 4 nitrogen and oxygen atoms in total. The van der Waals surface area contributed by atoms with Gasteiger partial charge < -0.3 is 10.0 Å². The molecule has 0 aromatic carbocycles. The monoisotopic (exact) mass is 291 g/mol. The molecule has 0 radical (unpaired) electrons. The average Bonchev–Trinajstić information content (AvgIpc) is 2.60. The molecule has 0 saturated carbocycles. The molecule has 6 heteroatoms. The number of carbonyl (C=O) groups excluding carboxylic acids is 1. The second-order valence-electron chi connectivity index (χ2n) is 3.00. The van der Waals surface area contributed by atoms with Crippen molar-refractivity contribution in [2.24, 2.45) is 0 Å². The summed E-state index contributed by atoms with van der Waals surface area (Å²) in [4.78, 5) is 24.0. The van der Waals surface area contributed by atoms with Crippen molar-refractivity contribution in [1.29, 1.82) is 0 Å². The maximum atomic E-state index is 11.7. The number of carboxylic acid groups (broad SMARTS) is 1. The number of carboxylic acids is 1. The van der Waals surface area contributed by atoms with E-state index in [0.717, 1.165) is 4.47 Å². The Bertz CT molecular complexity index is 377. The van der Waals surface area contributed by atoms with Crippen LogP contribution in [0.4, 0.5) is 0 Å². The summed E-state index contributed by atoms with van der Waals surface area (Å²) >= 11 is 4.59. The normalized spacial score (nSPS) is 10.0. The summed E-state index contributed by atoms with van der Waals surface area (Å²) < 4.78 is 0.863. The zero-order valence-electron chi connectivity index (χ0n) is 8.07. The number of hydrogen-bond acceptors (Lipinski definition) is 3. The third kappa shape index (κ3) is 3.64. The van der Waals surface area contributed by atoms with E-state index in [1.807, 2.05) is 5.38 Å². The van der Waals surface area contributed by atoms with Crippen molar-refractivity contribution in [3.63, 3.8) is 0 Å². The van der Waals surface area contributed by atoms with Crippen molar-refractivity contribution in [2.45, 2.75) is 6.42 Å². The molecule has 1 aromatic heterocycles. The fourth-order valence-corrected chi connectivity index (χ4v) is 2.40. The summed E-state index contributed by atoms with van der Waals surface area (Å²) in [5.41, 5.74) is 0. The zero-order valence-corrected chi connectivity index (χ0v) is 10.5. The van der Waals surface area contributed by atoms with Gasteiger partial charge in [0.1, 0.15) is 0 Å². The van der Waals surface area contributed by atoms with E-state index in [9.17, 15) is 9.59 Å². The molecule has 0 bridgehead atoms. The first-order valence-corrected chi connectivity index (χ1v) is 5.89. The van der Waals surface area contributed by atoms with E-state index < -0.39 is 5.97 Å². The van der Waals surface area contributed by atoms with Crippen molar-refractivity contribution < 1.29 is 14.7 Å². The van der Waals surface area contributed by atoms with E-state index in [-0.39, 0.29) is 18.9 Å². The average molecular weight is 292 g/mol. The van der Waals surface area contributed by atoms with Gasteiger partial charge in [0.05, 0.1) is 11.3 Å². The van der Waals surface area contributed by atoms with Crippen molar-refractivity contribution in [1.82, 2.24) is 4.90 Å². The van der Waals surface area contributed by atoms with E-state index in [0.29, 0.717) is 4.88 Å². The molecule has 1 heterocycles. The van der Waals surface area contributed by atoms with Gasteiger partial charge in [0.15, 0.2) is 0 Å². The lowest BCUT2D eigenvalue weighted by Crippen LogP contribution is -2.28. The second kappa shape index (κ2) is 5.27. The molecule has 0 saturated heterocycles. The molecule has 0 spiro atoms. The number of nitrogens with zero attached hydrogens (tertiary/aromatic N) is 1. The summed E-state index contributed by atoms with van der Waals surface area (Å²) in [6, 6.07) is 1.73. The fraction of sp³-hybridized carbons (Fsp3) is 0.333. The Morgan fingerprint density at radius 1 is 1.60 bits per heavy atom. The van der Waals surface area contributed by atoms with Crippen molar-refractivity contribution in [3.8, 4) is 0 Å². The van der Waals surface area contributed by atoms with Crippen LogP contribution in [0.3, 0.4) is 0 Å². The summed E-state index contributed by atoms with van der Waals surface area (Å²) in [5, 5.41) is 10.3. The van der Waals surface area contributed by atoms with Crippen LogP contribution in [0, 0.1) is 0 Å². The first-order chi connectivity index (χ1) is 7.00. The maximum Gasteiger partial charge on any atom is 0.305 e. The molecule has 1 amide bonds. The van der Waals surface area contributed by atoms with Gasteiger partial charge >= 0.3 is 5.97 Å². The van der Waals surface area contributed by atoms with E-state index >= 15 is 0 Å². The first-order valence-electron chi connectivity index (χ1n) is 4.22.